The fourth-order valence-corrected chi connectivity index (χ4v) is 10.3. The highest BCUT2D eigenvalue weighted by Gasteiger charge is 2.27. The summed E-state index contributed by atoms with van der Waals surface area (Å²) >= 11 is 0. The van der Waals surface area contributed by atoms with Crippen LogP contribution in [0.15, 0.2) is 36.5 Å². The Morgan fingerprint density at radius 3 is 1.05 bits per heavy atom. The van der Waals surface area contributed by atoms with Crippen molar-refractivity contribution in [2.24, 2.45) is 0 Å². The molecular weight excluding hydrogens is 966 g/mol. The highest BCUT2D eigenvalue weighted by molar-refractivity contribution is 7.47. The van der Waals surface area contributed by atoms with Gasteiger partial charge in [-0.25, -0.2) is 4.57 Å². The Kier molecular flexibility index (Phi) is 56.6. The van der Waals surface area contributed by atoms with Gasteiger partial charge in [0, 0.05) is 12.8 Å². The molecule has 9 nitrogen and oxygen atoms in total. The van der Waals surface area contributed by atoms with Crippen LogP contribution in [0.5, 0.6) is 0 Å². The molecule has 0 aromatic heterocycles. The number of ether oxygens (including phenoxy) is 2. The number of carbonyl (C=O) groups is 2. The molecule has 0 saturated heterocycles. The Morgan fingerprint density at radius 2 is 0.711 bits per heavy atom. The number of allylic oxidation sites excluding steroid dienone is 6. The van der Waals surface area contributed by atoms with E-state index >= 15 is 0 Å². The molecule has 0 saturated carbocycles. The molecule has 0 spiro atoms. The third-order valence-corrected chi connectivity index (χ3v) is 15.6. The number of nitrogens with zero attached hydrogens (tertiary/aromatic N) is 1. The molecule has 2 unspecified atom stereocenters. The second kappa shape index (κ2) is 57.9. The van der Waals surface area contributed by atoms with E-state index in [2.05, 4.69) is 50.3 Å². The van der Waals surface area contributed by atoms with Crippen molar-refractivity contribution in [3.63, 3.8) is 0 Å². The van der Waals surface area contributed by atoms with Crippen LogP contribution in [0.2, 0.25) is 0 Å². The molecular formula is C66H127NO8P+. The molecule has 0 aliphatic heterocycles. The van der Waals surface area contributed by atoms with Crippen molar-refractivity contribution >= 4 is 19.8 Å². The maximum absolute atomic E-state index is 12.9. The predicted octanol–water partition coefficient (Wildman–Crippen LogP) is 20.7. The van der Waals surface area contributed by atoms with Crippen molar-refractivity contribution in [2.45, 2.75) is 328 Å². The lowest BCUT2D eigenvalue weighted by molar-refractivity contribution is -0.870. The minimum absolute atomic E-state index is 0.0335. The third kappa shape index (κ3) is 61.4. The topological polar surface area (TPSA) is 108 Å². The molecule has 0 radical (unpaired) electrons. The lowest BCUT2D eigenvalue weighted by atomic mass is 10.0. The molecule has 448 valence electrons. The summed E-state index contributed by atoms with van der Waals surface area (Å²) in [5.74, 6) is -0.783. The summed E-state index contributed by atoms with van der Waals surface area (Å²) in [7, 11) is 1.49. The van der Waals surface area contributed by atoms with Crippen molar-refractivity contribution in [2.75, 3.05) is 47.5 Å². The molecule has 0 amide bonds. The van der Waals surface area contributed by atoms with E-state index in [1.54, 1.807) is 0 Å². The molecule has 0 aromatic carbocycles. The molecule has 0 fully saturated rings. The predicted molar refractivity (Wildman–Crippen MR) is 326 cm³/mol. The average Bonchev–Trinajstić information content (AvgIpc) is 3.38. The SMILES string of the molecule is CCCCCCC/C=C\C/C=C\CCCCCCCCCCCCCCCCCCCCCC(=O)OC(COC(=O)CCCCCCCCCCC/C=C\CCCCCCCCCC)COP(=O)(O)OCC[N+](C)(C)C. The Morgan fingerprint density at radius 1 is 0.408 bits per heavy atom. The number of unbranched alkanes of at least 4 members (excludes halogenated alkanes) is 41. The standard InChI is InChI=1S/C66H126NO8P/c1-6-8-10-12-14-16-18-20-22-24-26-28-29-30-31-32-33-34-35-36-37-39-41-43-45-47-49-51-53-55-57-59-66(69)75-64(63-74-76(70,71)73-61-60-67(3,4)5)62-72-65(68)58-56-54-52-50-48-46-44-42-40-38-27-25-23-21-19-17-15-13-11-9-7-2/h18,20,24-27,64H,6-17,19,21-23,28-63H2,1-5H3/p+1/b20-18-,26-24-,27-25-. The first-order valence-corrected chi connectivity index (χ1v) is 34.2. The van der Waals surface area contributed by atoms with E-state index in [0.717, 1.165) is 38.5 Å². The van der Waals surface area contributed by atoms with Gasteiger partial charge in [-0.1, -0.05) is 275 Å². The maximum atomic E-state index is 12.9. The van der Waals surface area contributed by atoms with Crippen LogP contribution < -0.4 is 0 Å². The Labute approximate surface area is 471 Å². The van der Waals surface area contributed by atoms with Crippen LogP contribution in [0.3, 0.4) is 0 Å². The number of carbonyl (C=O) groups excluding carboxylic acids is 2. The normalized spacial score (nSPS) is 13.4. The van der Waals surface area contributed by atoms with E-state index in [9.17, 15) is 19.0 Å². The van der Waals surface area contributed by atoms with Crippen LogP contribution in [0.4, 0.5) is 0 Å². The van der Waals surface area contributed by atoms with Gasteiger partial charge in [-0.3, -0.25) is 18.6 Å². The highest BCUT2D eigenvalue weighted by Crippen LogP contribution is 2.43. The van der Waals surface area contributed by atoms with Crippen LogP contribution in [-0.4, -0.2) is 74.9 Å². The molecule has 0 aliphatic carbocycles. The van der Waals surface area contributed by atoms with E-state index in [-0.39, 0.29) is 32.0 Å². The van der Waals surface area contributed by atoms with Gasteiger partial charge in [0.25, 0.3) is 0 Å². The number of likely N-dealkylation sites (N-methyl/N-ethyl adjacent to an activating group) is 1. The van der Waals surface area contributed by atoms with Crippen molar-refractivity contribution in [3.05, 3.63) is 36.5 Å². The first-order valence-electron chi connectivity index (χ1n) is 32.7. The van der Waals surface area contributed by atoms with Gasteiger partial charge in [-0.2, -0.15) is 0 Å². The van der Waals surface area contributed by atoms with Crippen molar-refractivity contribution < 1.29 is 42.1 Å². The van der Waals surface area contributed by atoms with E-state index in [1.165, 1.54) is 250 Å². The molecule has 0 aromatic rings. The quantitative estimate of drug-likeness (QED) is 0.0211. The van der Waals surface area contributed by atoms with E-state index in [0.29, 0.717) is 17.4 Å². The third-order valence-electron chi connectivity index (χ3n) is 14.6. The minimum atomic E-state index is -4.39. The van der Waals surface area contributed by atoms with Crippen molar-refractivity contribution in [1.29, 1.82) is 0 Å². The number of rotatable bonds is 61. The Hall–Kier alpha value is -1.77. The summed E-state index contributed by atoms with van der Waals surface area (Å²) < 4.78 is 34.7. The summed E-state index contributed by atoms with van der Waals surface area (Å²) in [6.07, 6.45) is 72.3. The number of phosphoric ester groups is 1. The summed E-state index contributed by atoms with van der Waals surface area (Å²) in [6, 6.07) is 0. The van der Waals surface area contributed by atoms with Gasteiger partial charge >= 0.3 is 19.8 Å². The van der Waals surface area contributed by atoms with Gasteiger partial charge in [-0.05, 0) is 70.6 Å². The molecule has 0 rings (SSSR count). The number of phosphoric acid groups is 1. The second-order valence-corrected chi connectivity index (χ2v) is 25.0. The molecule has 0 bridgehead atoms. The van der Waals surface area contributed by atoms with Crippen molar-refractivity contribution in [1.82, 2.24) is 0 Å². The number of quaternary nitrogens is 1. The molecule has 2 atom stereocenters. The fraction of sp³-hybridized carbons (Fsp3) is 0.879. The number of hydrogen-bond acceptors (Lipinski definition) is 7. The Bertz CT molecular complexity index is 1380. The van der Waals surface area contributed by atoms with Crippen LogP contribution >= 0.6 is 7.82 Å². The summed E-state index contributed by atoms with van der Waals surface area (Å²) in [4.78, 5) is 35.8. The maximum Gasteiger partial charge on any atom is 0.472 e. The lowest BCUT2D eigenvalue weighted by Crippen LogP contribution is -2.37. The van der Waals surface area contributed by atoms with Crippen molar-refractivity contribution in [3.8, 4) is 0 Å². The zero-order chi connectivity index (χ0) is 55.6. The van der Waals surface area contributed by atoms with Crippen LogP contribution in [-0.2, 0) is 32.7 Å². The monoisotopic (exact) mass is 1090 g/mol. The first-order chi connectivity index (χ1) is 37.0. The molecule has 0 aliphatic rings. The van der Waals surface area contributed by atoms with Gasteiger partial charge in [0.15, 0.2) is 6.10 Å². The fourth-order valence-electron chi connectivity index (χ4n) is 9.57. The molecule has 0 heterocycles. The van der Waals surface area contributed by atoms with Crippen LogP contribution in [0.1, 0.15) is 322 Å². The lowest BCUT2D eigenvalue weighted by Gasteiger charge is -2.24. The molecule has 76 heavy (non-hydrogen) atoms. The zero-order valence-electron chi connectivity index (χ0n) is 51.0. The van der Waals surface area contributed by atoms with E-state index < -0.39 is 26.5 Å². The average molecular weight is 1090 g/mol. The highest BCUT2D eigenvalue weighted by atomic mass is 31.2. The smallest absolute Gasteiger partial charge is 0.462 e. The molecule has 1 N–H and O–H groups in total. The Balaban J connectivity index is 4.03. The minimum Gasteiger partial charge on any atom is -0.462 e. The summed E-state index contributed by atoms with van der Waals surface area (Å²) in [6.45, 7) is 4.48. The van der Waals surface area contributed by atoms with E-state index in [1.807, 2.05) is 21.1 Å². The van der Waals surface area contributed by atoms with Crippen LogP contribution in [0, 0.1) is 0 Å². The first kappa shape index (κ1) is 74.2. The summed E-state index contributed by atoms with van der Waals surface area (Å²) in [5, 5.41) is 0. The number of esters is 2. The van der Waals surface area contributed by atoms with Gasteiger partial charge < -0.3 is 18.9 Å². The van der Waals surface area contributed by atoms with E-state index in [4.69, 9.17) is 18.5 Å². The molecule has 10 heteroatoms. The van der Waals surface area contributed by atoms with Gasteiger partial charge in [0.1, 0.15) is 19.8 Å². The summed E-state index contributed by atoms with van der Waals surface area (Å²) in [5.41, 5.74) is 0. The largest absolute Gasteiger partial charge is 0.472 e. The number of hydrogen-bond donors (Lipinski definition) is 1. The second-order valence-electron chi connectivity index (χ2n) is 23.5. The zero-order valence-corrected chi connectivity index (χ0v) is 51.9. The van der Waals surface area contributed by atoms with Gasteiger partial charge in [-0.15, -0.1) is 0 Å². The van der Waals surface area contributed by atoms with Crippen LogP contribution in [0.25, 0.3) is 0 Å². The van der Waals surface area contributed by atoms with Gasteiger partial charge in [0.05, 0.1) is 27.7 Å². The van der Waals surface area contributed by atoms with Gasteiger partial charge in [0.2, 0.25) is 0 Å².